The van der Waals surface area contributed by atoms with E-state index >= 15 is 0 Å². The van der Waals surface area contributed by atoms with Crippen LogP contribution in [0.15, 0.2) is 11.4 Å². The number of nitrogens with two attached hydrogens (primary N) is 1. The van der Waals surface area contributed by atoms with Gasteiger partial charge in [0.05, 0.1) is 12.0 Å². The van der Waals surface area contributed by atoms with Crippen LogP contribution < -0.4 is 16.2 Å². The molecule has 0 bridgehead atoms. The van der Waals surface area contributed by atoms with Crippen molar-refractivity contribution >= 4 is 33.3 Å². The summed E-state index contributed by atoms with van der Waals surface area (Å²) < 4.78 is 0. The monoisotopic (exact) mass is 267 g/mol. The molecule has 0 aliphatic carbocycles. The van der Waals surface area contributed by atoms with Crippen LogP contribution in [0.4, 0.5) is 11.8 Å². The lowest BCUT2D eigenvalue weighted by atomic mass is 10.3. The summed E-state index contributed by atoms with van der Waals surface area (Å²) in [6, 6.07) is 2.00. The van der Waals surface area contributed by atoms with Crippen LogP contribution in [0.25, 0.3) is 10.2 Å². The molecule has 0 aromatic carbocycles. The molecular weight excluding hydrogens is 250 g/mol. The van der Waals surface area contributed by atoms with Gasteiger partial charge in [-0.25, -0.2) is 10.8 Å². The molecule has 0 amide bonds. The van der Waals surface area contributed by atoms with Crippen molar-refractivity contribution in [3.8, 4) is 0 Å². The molecule has 7 heteroatoms. The van der Waals surface area contributed by atoms with E-state index < -0.39 is 0 Å². The minimum Gasteiger partial charge on any atom is -0.395 e. The van der Waals surface area contributed by atoms with Crippen LogP contribution in [0.3, 0.4) is 0 Å². The van der Waals surface area contributed by atoms with Gasteiger partial charge in [-0.2, -0.15) is 4.98 Å². The van der Waals surface area contributed by atoms with Crippen LogP contribution in [0.1, 0.15) is 13.3 Å². The number of hydrazine groups is 1. The molecule has 0 atom stereocenters. The number of rotatable bonds is 6. The average molecular weight is 267 g/mol. The first-order chi connectivity index (χ1) is 8.80. The van der Waals surface area contributed by atoms with E-state index in [9.17, 15) is 0 Å². The lowest BCUT2D eigenvalue weighted by Crippen LogP contribution is -2.29. The zero-order valence-corrected chi connectivity index (χ0v) is 11.1. The van der Waals surface area contributed by atoms with Crippen molar-refractivity contribution in [2.24, 2.45) is 5.84 Å². The van der Waals surface area contributed by atoms with E-state index in [4.69, 9.17) is 10.9 Å². The number of nitrogen functional groups attached to an aromatic ring is 1. The molecule has 6 nitrogen and oxygen atoms in total. The SMILES string of the molecule is CCCN(CCO)c1nc(NN)nc2sccc12. The molecule has 0 radical (unpaired) electrons. The van der Waals surface area contributed by atoms with Crippen LogP contribution in [0.5, 0.6) is 0 Å². The minimum atomic E-state index is 0.0982. The quantitative estimate of drug-likeness (QED) is 0.538. The third kappa shape index (κ3) is 2.53. The van der Waals surface area contributed by atoms with Gasteiger partial charge in [-0.05, 0) is 17.9 Å². The largest absolute Gasteiger partial charge is 0.395 e. The van der Waals surface area contributed by atoms with Gasteiger partial charge in [0.15, 0.2) is 0 Å². The molecule has 2 aromatic heterocycles. The lowest BCUT2D eigenvalue weighted by Gasteiger charge is -2.23. The van der Waals surface area contributed by atoms with E-state index in [0.29, 0.717) is 12.5 Å². The summed E-state index contributed by atoms with van der Waals surface area (Å²) in [7, 11) is 0. The molecule has 18 heavy (non-hydrogen) atoms. The Kier molecular flexibility index (Phi) is 4.29. The van der Waals surface area contributed by atoms with Crippen molar-refractivity contribution in [2.75, 3.05) is 30.0 Å². The minimum absolute atomic E-state index is 0.0982. The average Bonchev–Trinajstić information content (AvgIpc) is 2.85. The number of nitrogens with one attached hydrogen (secondary N) is 1. The first kappa shape index (κ1) is 13.0. The van der Waals surface area contributed by atoms with Gasteiger partial charge >= 0.3 is 0 Å². The van der Waals surface area contributed by atoms with Gasteiger partial charge in [0.25, 0.3) is 0 Å². The second-order valence-corrected chi connectivity index (χ2v) is 4.76. The summed E-state index contributed by atoms with van der Waals surface area (Å²) in [5, 5.41) is 12.1. The maximum atomic E-state index is 9.15. The molecule has 0 saturated heterocycles. The Morgan fingerprint density at radius 1 is 1.44 bits per heavy atom. The Labute approximate surface area is 109 Å². The fourth-order valence-electron chi connectivity index (χ4n) is 1.86. The number of aliphatic hydroxyl groups is 1. The van der Waals surface area contributed by atoms with Crippen molar-refractivity contribution in [2.45, 2.75) is 13.3 Å². The summed E-state index contributed by atoms with van der Waals surface area (Å²) >= 11 is 1.55. The van der Waals surface area contributed by atoms with E-state index in [1.54, 1.807) is 11.3 Å². The summed E-state index contributed by atoms with van der Waals surface area (Å²) in [6.07, 6.45) is 0.987. The van der Waals surface area contributed by atoms with Gasteiger partial charge in [0.2, 0.25) is 5.95 Å². The Balaban J connectivity index is 2.48. The predicted octanol–water partition coefficient (Wildman–Crippen LogP) is 1.19. The van der Waals surface area contributed by atoms with Gasteiger partial charge in [-0.3, -0.25) is 5.43 Å². The molecule has 0 saturated carbocycles. The second kappa shape index (κ2) is 5.94. The first-order valence-electron chi connectivity index (χ1n) is 5.87. The fraction of sp³-hybridized carbons (Fsp3) is 0.455. The molecule has 2 heterocycles. The van der Waals surface area contributed by atoms with Crippen LogP contribution >= 0.6 is 11.3 Å². The number of nitrogens with zero attached hydrogens (tertiary/aromatic N) is 3. The molecule has 2 aromatic rings. The standard InChI is InChI=1S/C11H17N5OS/c1-2-4-16(5-6-17)9-8-3-7-18-10(8)14-11(13-9)15-12/h3,7,17H,2,4-6,12H2,1H3,(H,13,14,15). The van der Waals surface area contributed by atoms with Crippen LogP contribution in [-0.4, -0.2) is 34.8 Å². The van der Waals surface area contributed by atoms with Crippen LogP contribution in [0, 0.1) is 0 Å². The number of thiophene rings is 1. The smallest absolute Gasteiger partial charge is 0.240 e. The van der Waals surface area contributed by atoms with Crippen molar-refractivity contribution < 1.29 is 5.11 Å². The van der Waals surface area contributed by atoms with Gasteiger partial charge < -0.3 is 10.0 Å². The number of hydrogen-bond donors (Lipinski definition) is 3. The topological polar surface area (TPSA) is 87.3 Å². The highest BCUT2D eigenvalue weighted by Crippen LogP contribution is 2.28. The third-order valence-electron chi connectivity index (χ3n) is 2.60. The van der Waals surface area contributed by atoms with Crippen molar-refractivity contribution in [3.63, 3.8) is 0 Å². The maximum absolute atomic E-state index is 9.15. The first-order valence-corrected chi connectivity index (χ1v) is 6.75. The van der Waals surface area contributed by atoms with Gasteiger partial charge in [-0.15, -0.1) is 11.3 Å². The number of hydrogen-bond acceptors (Lipinski definition) is 7. The zero-order chi connectivity index (χ0) is 13.0. The van der Waals surface area contributed by atoms with Gasteiger partial charge in [-0.1, -0.05) is 6.92 Å². The molecule has 4 N–H and O–H groups in total. The Morgan fingerprint density at radius 2 is 2.28 bits per heavy atom. The summed E-state index contributed by atoms with van der Waals surface area (Å²) in [5.74, 6) is 6.61. The van der Waals surface area contributed by atoms with E-state index in [1.165, 1.54) is 0 Å². The normalized spacial score (nSPS) is 10.8. The Hall–Kier alpha value is -1.44. The van der Waals surface area contributed by atoms with Gasteiger partial charge in [0.1, 0.15) is 10.6 Å². The van der Waals surface area contributed by atoms with Crippen LogP contribution in [-0.2, 0) is 0 Å². The Morgan fingerprint density at radius 3 is 2.94 bits per heavy atom. The Bertz CT molecular complexity index is 509. The van der Waals surface area contributed by atoms with Crippen LogP contribution in [0.2, 0.25) is 0 Å². The molecule has 0 unspecified atom stereocenters. The van der Waals surface area contributed by atoms with E-state index in [1.807, 2.05) is 11.4 Å². The zero-order valence-electron chi connectivity index (χ0n) is 10.3. The third-order valence-corrected chi connectivity index (χ3v) is 3.40. The summed E-state index contributed by atoms with van der Waals surface area (Å²) in [6.45, 7) is 3.59. The highest BCUT2D eigenvalue weighted by Gasteiger charge is 2.14. The number of fused-ring (bicyclic) bond motifs is 1. The number of anilines is 2. The molecule has 0 aliphatic heterocycles. The molecule has 0 spiro atoms. The van der Waals surface area contributed by atoms with Gasteiger partial charge in [0, 0.05) is 13.1 Å². The summed E-state index contributed by atoms with van der Waals surface area (Å²) in [5.41, 5.74) is 2.48. The second-order valence-electron chi connectivity index (χ2n) is 3.87. The maximum Gasteiger partial charge on any atom is 0.240 e. The molecule has 98 valence electrons. The van der Waals surface area contributed by atoms with E-state index in [0.717, 1.165) is 29.0 Å². The lowest BCUT2D eigenvalue weighted by molar-refractivity contribution is 0.301. The molecular formula is C11H17N5OS. The highest BCUT2D eigenvalue weighted by molar-refractivity contribution is 7.16. The molecule has 0 fully saturated rings. The van der Waals surface area contributed by atoms with Crippen molar-refractivity contribution in [1.82, 2.24) is 9.97 Å². The number of aromatic nitrogens is 2. The van der Waals surface area contributed by atoms with Crippen molar-refractivity contribution in [1.29, 1.82) is 0 Å². The van der Waals surface area contributed by atoms with E-state index in [2.05, 4.69) is 27.2 Å². The molecule has 2 rings (SSSR count). The van der Waals surface area contributed by atoms with E-state index in [-0.39, 0.29) is 6.61 Å². The summed E-state index contributed by atoms with van der Waals surface area (Å²) in [4.78, 5) is 11.7. The fourth-order valence-corrected chi connectivity index (χ4v) is 2.62. The predicted molar refractivity (Wildman–Crippen MR) is 74.8 cm³/mol. The van der Waals surface area contributed by atoms with Crippen molar-refractivity contribution in [3.05, 3.63) is 11.4 Å². The highest BCUT2D eigenvalue weighted by atomic mass is 32.1. The number of aliphatic hydroxyl groups excluding tert-OH is 1. The molecule has 0 aliphatic rings.